The highest BCUT2D eigenvalue weighted by Crippen LogP contribution is 2.53. The van der Waals surface area contributed by atoms with Crippen LogP contribution in [0.15, 0.2) is 91.0 Å². The second-order valence-electron chi connectivity index (χ2n) is 7.69. The SMILES string of the molecule is CC1(c2cccc(-c3ccccc3)c2)c2ccc(Cl)cc2-c2cc(O[B]O)ccc21. The van der Waals surface area contributed by atoms with Crippen molar-refractivity contribution in [3.63, 3.8) is 0 Å². The largest absolute Gasteiger partial charge is 0.569 e. The van der Waals surface area contributed by atoms with Gasteiger partial charge in [0.1, 0.15) is 5.75 Å². The number of hydrogen-bond acceptors (Lipinski definition) is 2. The molecule has 1 aliphatic rings. The summed E-state index contributed by atoms with van der Waals surface area (Å²) in [7, 11) is 0.706. The van der Waals surface area contributed by atoms with Gasteiger partial charge in [-0.15, -0.1) is 0 Å². The van der Waals surface area contributed by atoms with Crippen molar-refractivity contribution in [2.45, 2.75) is 12.3 Å². The van der Waals surface area contributed by atoms with E-state index in [-0.39, 0.29) is 5.41 Å². The Bertz CT molecular complexity index is 1240. The minimum absolute atomic E-state index is 0.332. The van der Waals surface area contributed by atoms with E-state index >= 15 is 0 Å². The molecule has 145 valence electrons. The molecule has 0 amide bonds. The number of fused-ring (bicyclic) bond motifs is 3. The van der Waals surface area contributed by atoms with Crippen molar-refractivity contribution in [2.24, 2.45) is 0 Å². The Morgan fingerprint density at radius 3 is 2.23 bits per heavy atom. The second-order valence-corrected chi connectivity index (χ2v) is 8.13. The molecule has 5 rings (SSSR count). The molecule has 1 radical (unpaired) electrons. The first-order chi connectivity index (χ1) is 14.6. The fourth-order valence-electron chi connectivity index (χ4n) is 4.59. The van der Waals surface area contributed by atoms with Crippen molar-refractivity contribution >= 4 is 19.3 Å². The van der Waals surface area contributed by atoms with Crippen molar-refractivity contribution in [1.29, 1.82) is 0 Å². The zero-order valence-electron chi connectivity index (χ0n) is 16.5. The lowest BCUT2D eigenvalue weighted by molar-refractivity contribution is 0.454. The maximum Gasteiger partial charge on any atom is 0.569 e. The molecule has 0 saturated carbocycles. The van der Waals surface area contributed by atoms with E-state index in [2.05, 4.69) is 67.6 Å². The summed E-state index contributed by atoms with van der Waals surface area (Å²) in [6.45, 7) is 2.26. The first-order valence-corrected chi connectivity index (χ1v) is 10.2. The van der Waals surface area contributed by atoms with Gasteiger partial charge in [-0.3, -0.25) is 0 Å². The lowest BCUT2D eigenvalue weighted by Gasteiger charge is -2.29. The van der Waals surface area contributed by atoms with Crippen molar-refractivity contribution in [3.8, 4) is 28.0 Å². The molecular weight excluding hydrogens is 391 g/mol. The average molecular weight is 410 g/mol. The van der Waals surface area contributed by atoms with Crippen molar-refractivity contribution < 1.29 is 9.68 Å². The topological polar surface area (TPSA) is 29.5 Å². The third kappa shape index (κ3) is 2.94. The zero-order chi connectivity index (χ0) is 20.7. The first kappa shape index (κ1) is 19.0. The zero-order valence-corrected chi connectivity index (χ0v) is 17.2. The third-order valence-electron chi connectivity index (χ3n) is 6.08. The lowest BCUT2D eigenvalue weighted by atomic mass is 9.73. The van der Waals surface area contributed by atoms with E-state index in [0.29, 0.717) is 18.5 Å². The van der Waals surface area contributed by atoms with Crippen LogP contribution in [0.3, 0.4) is 0 Å². The van der Waals surface area contributed by atoms with Crippen molar-refractivity contribution in [3.05, 3.63) is 113 Å². The van der Waals surface area contributed by atoms with Gasteiger partial charge in [0.15, 0.2) is 0 Å². The normalized spacial score (nSPS) is 16.6. The highest BCUT2D eigenvalue weighted by atomic mass is 35.5. The molecule has 0 aliphatic heterocycles. The Kier molecular flexibility index (Phi) is 4.65. The van der Waals surface area contributed by atoms with E-state index in [0.717, 1.165) is 11.1 Å². The molecule has 0 fully saturated rings. The third-order valence-corrected chi connectivity index (χ3v) is 6.31. The molecule has 0 spiro atoms. The molecule has 0 heterocycles. The fourth-order valence-corrected chi connectivity index (χ4v) is 4.76. The van der Waals surface area contributed by atoms with Crippen LogP contribution in [-0.2, 0) is 5.41 Å². The predicted octanol–water partition coefficient (Wildman–Crippen LogP) is 6.25. The summed E-state index contributed by atoms with van der Waals surface area (Å²) >= 11 is 6.36. The van der Waals surface area contributed by atoms with Gasteiger partial charge in [0, 0.05) is 10.4 Å². The van der Waals surface area contributed by atoms with Gasteiger partial charge in [-0.1, -0.05) is 72.3 Å². The molecule has 1 unspecified atom stereocenters. The highest BCUT2D eigenvalue weighted by Gasteiger charge is 2.41. The molecule has 30 heavy (non-hydrogen) atoms. The van der Waals surface area contributed by atoms with Gasteiger partial charge in [-0.25, -0.2) is 0 Å². The number of rotatable bonds is 4. The molecule has 1 atom stereocenters. The molecule has 0 bridgehead atoms. The van der Waals surface area contributed by atoms with E-state index < -0.39 is 0 Å². The van der Waals surface area contributed by atoms with E-state index in [9.17, 15) is 0 Å². The average Bonchev–Trinajstić information content (AvgIpc) is 3.03. The van der Waals surface area contributed by atoms with Crippen LogP contribution < -0.4 is 4.65 Å². The quantitative estimate of drug-likeness (QED) is 0.404. The van der Waals surface area contributed by atoms with E-state index in [1.807, 2.05) is 30.3 Å². The fraction of sp³-hybridized carbons (Fsp3) is 0.0769. The van der Waals surface area contributed by atoms with E-state index in [4.69, 9.17) is 21.3 Å². The molecule has 1 N–H and O–H groups in total. The van der Waals surface area contributed by atoms with Crippen LogP contribution in [0, 0.1) is 0 Å². The molecule has 4 aromatic carbocycles. The van der Waals surface area contributed by atoms with Gasteiger partial charge in [0.05, 0.1) is 0 Å². The second kappa shape index (κ2) is 7.35. The number of hydrogen-bond donors (Lipinski definition) is 1. The van der Waals surface area contributed by atoms with Crippen molar-refractivity contribution in [2.75, 3.05) is 0 Å². The van der Waals surface area contributed by atoms with Crippen LogP contribution in [-0.4, -0.2) is 12.7 Å². The van der Waals surface area contributed by atoms with Crippen LogP contribution in [0.4, 0.5) is 0 Å². The summed E-state index contributed by atoms with van der Waals surface area (Å²) in [5.41, 5.74) is 7.82. The summed E-state index contributed by atoms with van der Waals surface area (Å²) < 4.78 is 5.22. The highest BCUT2D eigenvalue weighted by molar-refractivity contribution is 6.31. The van der Waals surface area contributed by atoms with Gasteiger partial charge in [0.2, 0.25) is 0 Å². The Hall–Kier alpha value is -3.01. The first-order valence-electron chi connectivity index (χ1n) is 9.85. The molecule has 1 aliphatic carbocycles. The molecule has 4 heteroatoms. The van der Waals surface area contributed by atoms with Gasteiger partial charge in [-0.2, -0.15) is 0 Å². The van der Waals surface area contributed by atoms with Crippen LogP contribution in [0.2, 0.25) is 5.02 Å². The van der Waals surface area contributed by atoms with Crippen LogP contribution in [0.25, 0.3) is 22.3 Å². The Morgan fingerprint density at radius 1 is 0.767 bits per heavy atom. The standard InChI is InChI=1S/C26H19BClO2/c1-26(19-9-5-8-18(14-19)17-6-3-2-4-7-17)24-12-10-20(28)15-22(24)23-16-21(30-27-29)11-13-25(23)26/h2-16,29H,1H3. The smallest absolute Gasteiger partial charge is 0.537 e. The Morgan fingerprint density at radius 2 is 1.47 bits per heavy atom. The number of halogens is 1. The monoisotopic (exact) mass is 409 g/mol. The van der Waals surface area contributed by atoms with Gasteiger partial charge in [0.25, 0.3) is 0 Å². The summed E-state index contributed by atoms with van der Waals surface area (Å²) in [6.07, 6.45) is 0. The Balaban J connectivity index is 1.73. The van der Waals surface area contributed by atoms with Gasteiger partial charge >= 0.3 is 7.69 Å². The number of benzene rings is 4. The Labute approximate surface area is 182 Å². The molecule has 4 aromatic rings. The summed E-state index contributed by atoms with van der Waals surface area (Å²) in [4.78, 5) is 0. The lowest BCUT2D eigenvalue weighted by Crippen LogP contribution is -2.22. The van der Waals surface area contributed by atoms with Crippen LogP contribution >= 0.6 is 11.6 Å². The van der Waals surface area contributed by atoms with Gasteiger partial charge in [-0.05, 0) is 76.2 Å². The van der Waals surface area contributed by atoms with Gasteiger partial charge < -0.3 is 9.68 Å². The molecule has 0 aromatic heterocycles. The minimum Gasteiger partial charge on any atom is -0.537 e. The van der Waals surface area contributed by atoms with E-state index in [1.165, 1.54) is 27.8 Å². The predicted molar refractivity (Wildman–Crippen MR) is 123 cm³/mol. The van der Waals surface area contributed by atoms with Crippen molar-refractivity contribution in [1.82, 2.24) is 0 Å². The summed E-state index contributed by atoms with van der Waals surface area (Å²) in [5.74, 6) is 0.587. The molecular formula is C26H19BClO2. The van der Waals surface area contributed by atoms with Crippen LogP contribution in [0.1, 0.15) is 23.6 Å². The minimum atomic E-state index is -0.332. The molecule has 2 nitrogen and oxygen atoms in total. The van der Waals surface area contributed by atoms with E-state index in [1.54, 1.807) is 0 Å². The van der Waals surface area contributed by atoms with Crippen LogP contribution in [0.5, 0.6) is 5.75 Å². The summed E-state index contributed by atoms with van der Waals surface area (Å²) in [5, 5.41) is 9.76. The maximum absolute atomic E-state index is 9.06. The molecule has 0 saturated heterocycles. The maximum atomic E-state index is 9.06. The summed E-state index contributed by atoms with van der Waals surface area (Å²) in [6, 6.07) is 31.1.